The predicted octanol–water partition coefficient (Wildman–Crippen LogP) is 6.31. The molecule has 1 unspecified atom stereocenters. The molecule has 9 nitrogen and oxygen atoms in total. The molecule has 0 bridgehead atoms. The van der Waals surface area contributed by atoms with Gasteiger partial charge in [-0.1, -0.05) is 31.5 Å². The standard InChI is InChI=1S/C35H40N6O3/c1-5-6-18-43-33-19-24(2)10-13-29(33)35(42)41-16-14-40(15-17-41)31(30-23-37-26(4)39-30)20-27-11-12-28(22-36)32(21-27)44-34-9-7-8-25(3)38-34/h7-13,19,21,23,31H,5-6,14-18,20H2,1-4H3,(H,37,39). The number of amides is 1. The molecular formula is C35H40N6O3. The smallest absolute Gasteiger partial charge is 0.257 e. The fourth-order valence-electron chi connectivity index (χ4n) is 5.49. The number of H-pyrrole nitrogens is 1. The SMILES string of the molecule is CCCCOc1cc(C)ccc1C(=O)N1CCN(C(Cc2ccc(C#N)c(Oc3cccc(C)n3)c2)c2cnc(C)[nH]2)CC1. The lowest BCUT2D eigenvalue weighted by atomic mass is 9.99. The molecular weight excluding hydrogens is 552 g/mol. The van der Waals surface area contributed by atoms with Crippen LogP contribution in [0.15, 0.2) is 60.8 Å². The number of aryl methyl sites for hydroxylation is 3. The van der Waals surface area contributed by atoms with E-state index >= 15 is 0 Å². The second kappa shape index (κ2) is 14.2. The molecule has 1 N–H and O–H groups in total. The maximum absolute atomic E-state index is 13.6. The Kier molecular flexibility index (Phi) is 9.93. The second-order valence-electron chi connectivity index (χ2n) is 11.3. The Morgan fingerprint density at radius 2 is 1.86 bits per heavy atom. The van der Waals surface area contributed by atoms with Gasteiger partial charge in [0.05, 0.1) is 29.5 Å². The number of nitrogens with one attached hydrogen (secondary N) is 1. The third kappa shape index (κ3) is 7.44. The molecule has 1 aliphatic heterocycles. The summed E-state index contributed by atoms with van der Waals surface area (Å²) in [6.45, 7) is 11.2. The highest BCUT2D eigenvalue weighted by molar-refractivity contribution is 5.97. The lowest BCUT2D eigenvalue weighted by Gasteiger charge is -2.39. The fraction of sp³-hybridized carbons (Fsp3) is 0.371. The van der Waals surface area contributed by atoms with Crippen molar-refractivity contribution in [2.75, 3.05) is 32.8 Å². The number of nitrogens with zero attached hydrogens (tertiary/aromatic N) is 5. The quantitative estimate of drug-likeness (QED) is 0.203. The molecule has 1 saturated heterocycles. The number of ether oxygens (including phenoxy) is 2. The zero-order chi connectivity index (χ0) is 31.1. The van der Waals surface area contributed by atoms with Gasteiger partial charge in [0.2, 0.25) is 5.88 Å². The number of nitriles is 1. The van der Waals surface area contributed by atoms with Crippen LogP contribution >= 0.6 is 0 Å². The van der Waals surface area contributed by atoms with E-state index in [4.69, 9.17) is 9.47 Å². The van der Waals surface area contributed by atoms with E-state index in [1.54, 1.807) is 12.1 Å². The summed E-state index contributed by atoms with van der Waals surface area (Å²) in [7, 11) is 0. The monoisotopic (exact) mass is 592 g/mol. The zero-order valence-electron chi connectivity index (χ0n) is 26.0. The fourth-order valence-corrected chi connectivity index (χ4v) is 5.49. The van der Waals surface area contributed by atoms with E-state index in [1.165, 1.54) is 0 Å². The van der Waals surface area contributed by atoms with Crippen molar-refractivity contribution in [3.8, 4) is 23.4 Å². The molecule has 0 saturated carbocycles. The van der Waals surface area contributed by atoms with Crippen molar-refractivity contribution in [2.45, 2.75) is 53.0 Å². The number of hydrogen-bond acceptors (Lipinski definition) is 7. The number of aromatic amines is 1. The maximum Gasteiger partial charge on any atom is 0.257 e. The van der Waals surface area contributed by atoms with Crippen LogP contribution in [-0.2, 0) is 6.42 Å². The topological polar surface area (TPSA) is 107 Å². The summed E-state index contributed by atoms with van der Waals surface area (Å²) in [5, 5.41) is 9.73. The van der Waals surface area contributed by atoms with Gasteiger partial charge in [0.15, 0.2) is 0 Å². The van der Waals surface area contributed by atoms with Crippen LogP contribution in [0.2, 0.25) is 0 Å². The van der Waals surface area contributed by atoms with Crippen molar-refractivity contribution in [3.63, 3.8) is 0 Å². The van der Waals surface area contributed by atoms with Crippen molar-refractivity contribution in [1.29, 1.82) is 5.26 Å². The number of pyridine rings is 1. The average molecular weight is 593 g/mol. The van der Waals surface area contributed by atoms with E-state index in [2.05, 4.69) is 32.8 Å². The Morgan fingerprint density at radius 3 is 2.57 bits per heavy atom. The van der Waals surface area contributed by atoms with Crippen molar-refractivity contribution >= 4 is 5.91 Å². The van der Waals surface area contributed by atoms with E-state index in [1.807, 2.05) is 74.3 Å². The number of hydrogen-bond donors (Lipinski definition) is 1. The number of imidazole rings is 1. The summed E-state index contributed by atoms with van der Waals surface area (Å²) in [5.41, 5.74) is 5.02. The first-order valence-electron chi connectivity index (χ1n) is 15.3. The highest BCUT2D eigenvalue weighted by Gasteiger charge is 2.30. The minimum Gasteiger partial charge on any atom is -0.493 e. The van der Waals surface area contributed by atoms with Crippen molar-refractivity contribution in [1.82, 2.24) is 24.8 Å². The zero-order valence-corrected chi connectivity index (χ0v) is 26.0. The van der Waals surface area contributed by atoms with E-state index in [0.29, 0.717) is 67.7 Å². The van der Waals surface area contributed by atoms with Gasteiger partial charge < -0.3 is 19.4 Å². The third-order valence-corrected chi connectivity index (χ3v) is 7.92. The third-order valence-electron chi connectivity index (χ3n) is 7.92. The number of aromatic nitrogens is 3. The average Bonchev–Trinajstić information content (AvgIpc) is 3.46. The first kappa shape index (κ1) is 30.8. The molecule has 9 heteroatoms. The van der Waals surface area contributed by atoms with Crippen LogP contribution in [0, 0.1) is 32.1 Å². The first-order chi connectivity index (χ1) is 21.3. The lowest BCUT2D eigenvalue weighted by molar-refractivity contribution is 0.0559. The van der Waals surface area contributed by atoms with Gasteiger partial charge in [0.25, 0.3) is 5.91 Å². The number of benzene rings is 2. The van der Waals surface area contributed by atoms with Crippen LogP contribution in [0.5, 0.6) is 17.4 Å². The normalized spacial score (nSPS) is 14.2. The van der Waals surface area contributed by atoms with E-state index in [-0.39, 0.29) is 11.9 Å². The number of unbranched alkanes of at least 4 members (excludes halogenated alkanes) is 1. The summed E-state index contributed by atoms with van der Waals surface area (Å²) in [6.07, 6.45) is 4.55. The lowest BCUT2D eigenvalue weighted by Crippen LogP contribution is -2.50. The Bertz CT molecular complexity index is 1630. The Balaban J connectivity index is 1.32. The van der Waals surface area contributed by atoms with Crippen LogP contribution in [0.4, 0.5) is 0 Å². The summed E-state index contributed by atoms with van der Waals surface area (Å²) >= 11 is 0. The van der Waals surface area contributed by atoms with Gasteiger partial charge in [-0.25, -0.2) is 9.97 Å². The molecule has 0 aliphatic carbocycles. The van der Waals surface area contributed by atoms with Crippen LogP contribution in [-0.4, -0.2) is 63.4 Å². The van der Waals surface area contributed by atoms with E-state index < -0.39 is 0 Å². The van der Waals surface area contributed by atoms with Crippen LogP contribution < -0.4 is 9.47 Å². The van der Waals surface area contributed by atoms with Gasteiger partial charge in [0.1, 0.15) is 23.4 Å². The molecule has 1 atom stereocenters. The minimum atomic E-state index is -0.00125. The number of carbonyl (C=O) groups is 1. The molecule has 2 aromatic heterocycles. The minimum absolute atomic E-state index is 0.00125. The van der Waals surface area contributed by atoms with Crippen molar-refractivity contribution in [2.24, 2.45) is 0 Å². The Labute approximate surface area is 259 Å². The predicted molar refractivity (Wildman–Crippen MR) is 169 cm³/mol. The molecule has 2 aromatic carbocycles. The molecule has 1 amide bonds. The number of rotatable bonds is 11. The highest BCUT2D eigenvalue weighted by atomic mass is 16.5. The van der Waals surface area contributed by atoms with Gasteiger partial charge in [-0.3, -0.25) is 9.69 Å². The second-order valence-corrected chi connectivity index (χ2v) is 11.3. The van der Waals surface area contributed by atoms with E-state index in [0.717, 1.165) is 41.2 Å². The van der Waals surface area contributed by atoms with E-state index in [9.17, 15) is 10.1 Å². The Morgan fingerprint density at radius 1 is 1.05 bits per heavy atom. The summed E-state index contributed by atoms with van der Waals surface area (Å²) in [5.74, 6) is 2.45. The maximum atomic E-state index is 13.6. The van der Waals surface area contributed by atoms with Crippen molar-refractivity contribution in [3.05, 3.63) is 100 Å². The molecule has 3 heterocycles. The summed E-state index contributed by atoms with van der Waals surface area (Å²) in [4.78, 5) is 30.3. The number of carbonyl (C=O) groups excluding carboxylic acids is 1. The van der Waals surface area contributed by atoms with Crippen LogP contribution in [0.25, 0.3) is 0 Å². The molecule has 1 fully saturated rings. The van der Waals surface area contributed by atoms with Gasteiger partial charge >= 0.3 is 0 Å². The highest BCUT2D eigenvalue weighted by Crippen LogP contribution is 2.31. The van der Waals surface area contributed by atoms with Gasteiger partial charge in [-0.2, -0.15) is 5.26 Å². The largest absolute Gasteiger partial charge is 0.493 e. The molecule has 0 spiro atoms. The summed E-state index contributed by atoms with van der Waals surface area (Å²) < 4.78 is 12.1. The molecule has 0 radical (unpaired) electrons. The molecule has 1 aliphatic rings. The van der Waals surface area contributed by atoms with Crippen molar-refractivity contribution < 1.29 is 14.3 Å². The molecule has 44 heavy (non-hydrogen) atoms. The number of piperazine rings is 1. The van der Waals surface area contributed by atoms with Crippen LogP contribution in [0.3, 0.4) is 0 Å². The van der Waals surface area contributed by atoms with Crippen LogP contribution in [0.1, 0.15) is 70.1 Å². The molecule has 5 rings (SSSR count). The van der Waals surface area contributed by atoms with Gasteiger partial charge in [-0.05, 0) is 75.1 Å². The molecule has 4 aromatic rings. The van der Waals surface area contributed by atoms with Gasteiger partial charge in [-0.15, -0.1) is 0 Å². The van der Waals surface area contributed by atoms with Gasteiger partial charge in [0, 0.05) is 44.1 Å². The Hall–Kier alpha value is -4.68. The first-order valence-corrected chi connectivity index (χ1v) is 15.3. The molecule has 228 valence electrons. The summed E-state index contributed by atoms with van der Waals surface area (Å²) in [6, 6.07) is 19.3.